The predicted octanol–water partition coefficient (Wildman–Crippen LogP) is 8.39. The summed E-state index contributed by atoms with van der Waals surface area (Å²) in [6.07, 6.45) is 1.80. The van der Waals surface area contributed by atoms with E-state index in [0.29, 0.717) is 37.2 Å². The van der Waals surface area contributed by atoms with Crippen molar-refractivity contribution < 1.29 is 14.3 Å². The first kappa shape index (κ1) is 25.9. The van der Waals surface area contributed by atoms with Gasteiger partial charge in [0.05, 0.1) is 23.4 Å². The van der Waals surface area contributed by atoms with Gasteiger partial charge in [0.25, 0.3) is 5.91 Å². The van der Waals surface area contributed by atoms with E-state index in [0.717, 1.165) is 16.9 Å². The first-order valence-electron chi connectivity index (χ1n) is 11.7. The highest BCUT2D eigenvalue weighted by Crippen LogP contribution is 2.40. The van der Waals surface area contributed by atoms with Crippen LogP contribution in [0.5, 0.6) is 11.5 Å². The lowest BCUT2D eigenvalue weighted by Crippen LogP contribution is -2.28. The molecule has 0 aromatic heterocycles. The number of anilines is 1. The van der Waals surface area contributed by atoms with Gasteiger partial charge in [-0.2, -0.15) is 0 Å². The number of amidine groups is 1. The molecular formula is C30H22Cl2N2O3S. The summed E-state index contributed by atoms with van der Waals surface area (Å²) in [6, 6.07) is 29.8. The molecule has 0 saturated carbocycles. The summed E-state index contributed by atoms with van der Waals surface area (Å²) in [6.45, 7) is 0.199. The van der Waals surface area contributed by atoms with Crippen LogP contribution in [0, 0.1) is 0 Å². The quantitative estimate of drug-likeness (QED) is 0.213. The van der Waals surface area contributed by atoms with E-state index in [1.807, 2.05) is 84.9 Å². The molecule has 0 atom stereocenters. The van der Waals surface area contributed by atoms with Crippen LogP contribution in [0.25, 0.3) is 6.08 Å². The Morgan fingerprint density at radius 1 is 0.921 bits per heavy atom. The molecule has 38 heavy (non-hydrogen) atoms. The Kier molecular flexibility index (Phi) is 8.03. The van der Waals surface area contributed by atoms with Gasteiger partial charge >= 0.3 is 0 Å². The van der Waals surface area contributed by atoms with Crippen LogP contribution in [0.15, 0.2) is 107 Å². The normalized spacial score (nSPS) is 15.3. The number of halogens is 2. The van der Waals surface area contributed by atoms with Crippen molar-refractivity contribution in [3.8, 4) is 11.5 Å². The zero-order valence-corrected chi connectivity index (χ0v) is 22.6. The SMILES string of the molecule is COc1cccc(C=C2SC(=Nc3ccccc3)N(c3ccccc3)C2=O)c1OCc1ccc(Cl)cc1Cl. The van der Waals surface area contributed by atoms with Crippen molar-refractivity contribution in [1.82, 2.24) is 0 Å². The number of nitrogens with zero attached hydrogens (tertiary/aromatic N) is 2. The van der Waals surface area contributed by atoms with E-state index >= 15 is 0 Å². The molecule has 0 spiro atoms. The molecule has 5 rings (SSSR count). The number of hydrogen-bond acceptors (Lipinski definition) is 5. The average molecular weight is 561 g/mol. The first-order valence-corrected chi connectivity index (χ1v) is 13.3. The lowest BCUT2D eigenvalue weighted by atomic mass is 10.1. The van der Waals surface area contributed by atoms with Gasteiger partial charge in [0.15, 0.2) is 16.7 Å². The molecule has 0 unspecified atom stereocenters. The first-order chi connectivity index (χ1) is 18.5. The summed E-state index contributed by atoms with van der Waals surface area (Å²) in [4.78, 5) is 20.6. The highest BCUT2D eigenvalue weighted by Gasteiger charge is 2.35. The summed E-state index contributed by atoms with van der Waals surface area (Å²) in [7, 11) is 1.58. The fraction of sp³-hybridized carbons (Fsp3) is 0.0667. The van der Waals surface area contributed by atoms with E-state index in [9.17, 15) is 4.79 Å². The Hall–Kier alpha value is -3.71. The number of amides is 1. The molecule has 4 aromatic rings. The summed E-state index contributed by atoms with van der Waals surface area (Å²) in [5, 5.41) is 1.63. The minimum Gasteiger partial charge on any atom is -0.493 e. The number of carbonyl (C=O) groups excluding carboxylic acids is 1. The molecule has 1 fully saturated rings. The maximum atomic E-state index is 13.7. The second-order valence-corrected chi connectivity index (χ2v) is 10.1. The lowest BCUT2D eigenvalue weighted by Gasteiger charge is -2.15. The summed E-state index contributed by atoms with van der Waals surface area (Å²) in [5.41, 5.74) is 2.97. The lowest BCUT2D eigenvalue weighted by molar-refractivity contribution is -0.113. The molecule has 5 nitrogen and oxygen atoms in total. The van der Waals surface area contributed by atoms with Gasteiger partial charge in [0, 0.05) is 21.2 Å². The Labute approximate surface area is 235 Å². The molecule has 1 heterocycles. The van der Waals surface area contributed by atoms with E-state index in [-0.39, 0.29) is 12.5 Å². The number of methoxy groups -OCH3 is 1. The minimum atomic E-state index is -0.176. The second kappa shape index (κ2) is 11.8. The Morgan fingerprint density at radius 3 is 2.37 bits per heavy atom. The molecule has 190 valence electrons. The van der Waals surface area contributed by atoms with Crippen LogP contribution in [0.2, 0.25) is 10.0 Å². The number of benzene rings is 4. The molecule has 0 radical (unpaired) electrons. The average Bonchev–Trinajstić information content (AvgIpc) is 3.23. The van der Waals surface area contributed by atoms with Crippen molar-refractivity contribution in [3.63, 3.8) is 0 Å². The van der Waals surface area contributed by atoms with Crippen molar-refractivity contribution in [2.45, 2.75) is 6.61 Å². The van der Waals surface area contributed by atoms with Gasteiger partial charge in [-0.15, -0.1) is 0 Å². The number of thioether (sulfide) groups is 1. The van der Waals surface area contributed by atoms with Crippen LogP contribution in [0.3, 0.4) is 0 Å². The monoisotopic (exact) mass is 560 g/mol. The number of ether oxygens (including phenoxy) is 2. The van der Waals surface area contributed by atoms with Gasteiger partial charge < -0.3 is 9.47 Å². The zero-order chi connectivity index (χ0) is 26.5. The molecule has 0 bridgehead atoms. The maximum Gasteiger partial charge on any atom is 0.271 e. The van der Waals surface area contributed by atoms with Crippen molar-refractivity contribution in [3.05, 3.63) is 123 Å². The molecular weight excluding hydrogens is 539 g/mol. The van der Waals surface area contributed by atoms with Gasteiger partial charge in [-0.05, 0) is 60.3 Å². The van der Waals surface area contributed by atoms with Gasteiger partial charge in [0.2, 0.25) is 0 Å². The van der Waals surface area contributed by atoms with Crippen molar-refractivity contribution in [2.75, 3.05) is 12.0 Å². The van der Waals surface area contributed by atoms with Crippen molar-refractivity contribution in [2.24, 2.45) is 4.99 Å². The molecule has 4 aromatic carbocycles. The van der Waals surface area contributed by atoms with Gasteiger partial charge in [0.1, 0.15) is 6.61 Å². The topological polar surface area (TPSA) is 51.1 Å². The summed E-state index contributed by atoms with van der Waals surface area (Å²) < 4.78 is 11.8. The smallest absolute Gasteiger partial charge is 0.271 e. The number of hydrogen-bond donors (Lipinski definition) is 0. The van der Waals surface area contributed by atoms with Crippen LogP contribution >= 0.6 is 35.0 Å². The number of carbonyl (C=O) groups is 1. The predicted molar refractivity (Wildman–Crippen MR) is 157 cm³/mol. The van der Waals surface area contributed by atoms with Crippen molar-refractivity contribution >= 4 is 63.5 Å². The molecule has 1 aliphatic heterocycles. The van der Waals surface area contributed by atoms with Crippen LogP contribution < -0.4 is 14.4 Å². The van der Waals surface area contributed by atoms with Crippen LogP contribution in [-0.4, -0.2) is 18.2 Å². The van der Waals surface area contributed by atoms with Gasteiger partial charge in [-0.3, -0.25) is 9.69 Å². The second-order valence-electron chi connectivity index (χ2n) is 8.22. The van der Waals surface area contributed by atoms with Crippen LogP contribution in [-0.2, 0) is 11.4 Å². The molecule has 0 N–H and O–H groups in total. The van der Waals surface area contributed by atoms with Gasteiger partial charge in [-0.25, -0.2) is 4.99 Å². The highest BCUT2D eigenvalue weighted by atomic mass is 35.5. The highest BCUT2D eigenvalue weighted by molar-refractivity contribution is 8.19. The van der Waals surface area contributed by atoms with E-state index in [1.165, 1.54) is 11.8 Å². The third kappa shape index (κ3) is 5.73. The van der Waals surface area contributed by atoms with Crippen molar-refractivity contribution in [1.29, 1.82) is 0 Å². The third-order valence-corrected chi connectivity index (χ3v) is 7.26. The summed E-state index contributed by atoms with van der Waals surface area (Å²) in [5.74, 6) is 0.866. The summed E-state index contributed by atoms with van der Waals surface area (Å²) >= 11 is 13.7. The number of para-hydroxylation sites is 3. The number of aliphatic imine (C=N–C) groups is 1. The minimum absolute atomic E-state index is 0.176. The Balaban J connectivity index is 1.52. The Morgan fingerprint density at radius 2 is 1.66 bits per heavy atom. The molecule has 0 aliphatic carbocycles. The van der Waals surface area contributed by atoms with Gasteiger partial charge in [-0.1, -0.05) is 77.8 Å². The fourth-order valence-corrected chi connectivity index (χ4v) is 5.31. The molecule has 1 aliphatic rings. The zero-order valence-electron chi connectivity index (χ0n) is 20.3. The van der Waals surface area contributed by atoms with E-state index in [1.54, 1.807) is 30.2 Å². The molecule has 1 saturated heterocycles. The van der Waals surface area contributed by atoms with E-state index in [4.69, 9.17) is 37.7 Å². The van der Waals surface area contributed by atoms with Crippen LogP contribution in [0.4, 0.5) is 11.4 Å². The van der Waals surface area contributed by atoms with E-state index < -0.39 is 0 Å². The third-order valence-electron chi connectivity index (χ3n) is 5.70. The number of rotatable bonds is 7. The maximum absolute atomic E-state index is 13.7. The largest absolute Gasteiger partial charge is 0.493 e. The standard InChI is InChI=1S/C30H22Cl2N2O3S/c1-36-26-14-8-9-20(28(26)37-19-21-15-16-22(31)18-25(21)32)17-27-29(35)34(24-12-6-3-7-13-24)30(38-27)33-23-10-4-2-5-11-23/h2-18H,19H2,1H3. The molecule has 1 amide bonds. The fourth-order valence-electron chi connectivity index (χ4n) is 3.86. The molecule has 8 heteroatoms. The van der Waals surface area contributed by atoms with Crippen LogP contribution in [0.1, 0.15) is 11.1 Å². The van der Waals surface area contributed by atoms with E-state index in [2.05, 4.69) is 0 Å². The Bertz CT molecular complexity index is 1530.